The van der Waals surface area contributed by atoms with Crippen LogP contribution in [-0.4, -0.2) is 35.4 Å². The first-order chi connectivity index (χ1) is 8.58. The highest BCUT2D eigenvalue weighted by Crippen LogP contribution is 2.29. The molecule has 0 saturated carbocycles. The Hall–Kier alpha value is -1.55. The normalized spacial score (nSPS) is 20.3. The minimum atomic E-state index is -0.744. The van der Waals surface area contributed by atoms with Crippen LogP contribution in [0.15, 0.2) is 24.3 Å². The maximum atomic E-state index is 11.2. The largest absolute Gasteiger partial charge is 0.481 e. The predicted molar refractivity (Wildman–Crippen MR) is 69.8 cm³/mol. The number of carboxylic acid groups (broad SMARTS) is 1. The summed E-state index contributed by atoms with van der Waals surface area (Å²) in [5.41, 5.74) is 2.19. The van der Waals surface area contributed by atoms with E-state index in [1.165, 1.54) is 0 Å². The zero-order valence-electron chi connectivity index (χ0n) is 10.5. The monoisotopic (exact) mass is 249 g/mol. The summed E-state index contributed by atoms with van der Waals surface area (Å²) in [6.45, 7) is 2.97. The van der Waals surface area contributed by atoms with E-state index in [-0.39, 0.29) is 12.0 Å². The highest BCUT2D eigenvalue weighted by Gasteiger charge is 2.28. The molecule has 0 saturated heterocycles. The first-order valence-electron chi connectivity index (χ1n) is 6.31. The van der Waals surface area contributed by atoms with Crippen molar-refractivity contribution < 1.29 is 15.0 Å². The molecule has 2 atom stereocenters. The fourth-order valence-corrected chi connectivity index (χ4v) is 2.41. The number of aliphatic hydroxyl groups is 1. The molecule has 1 aliphatic rings. The smallest absolute Gasteiger partial charge is 0.308 e. The number of aliphatic carboxylic acids is 1. The van der Waals surface area contributed by atoms with Crippen LogP contribution < -0.4 is 4.90 Å². The fourth-order valence-electron chi connectivity index (χ4n) is 2.41. The Balaban J connectivity index is 2.19. The summed E-state index contributed by atoms with van der Waals surface area (Å²) >= 11 is 0. The molecule has 2 rings (SSSR count). The van der Waals surface area contributed by atoms with E-state index in [0.29, 0.717) is 25.9 Å². The van der Waals surface area contributed by atoms with Crippen molar-refractivity contribution in [2.45, 2.75) is 25.9 Å². The molecule has 0 aromatic heterocycles. The van der Waals surface area contributed by atoms with Crippen LogP contribution in [0.3, 0.4) is 0 Å². The third-order valence-corrected chi connectivity index (χ3v) is 3.41. The van der Waals surface area contributed by atoms with Crippen molar-refractivity contribution in [1.29, 1.82) is 0 Å². The molecule has 2 unspecified atom stereocenters. The van der Waals surface area contributed by atoms with Gasteiger partial charge in [-0.15, -0.1) is 0 Å². The van der Waals surface area contributed by atoms with Crippen LogP contribution >= 0.6 is 0 Å². The van der Waals surface area contributed by atoms with E-state index in [1.807, 2.05) is 24.3 Å². The Morgan fingerprint density at radius 2 is 2.22 bits per heavy atom. The first kappa shape index (κ1) is 12.9. The second-order valence-electron chi connectivity index (χ2n) is 4.95. The molecule has 0 radical (unpaired) electrons. The predicted octanol–water partition coefficient (Wildman–Crippen LogP) is 1.52. The number of anilines is 1. The number of hydrogen-bond acceptors (Lipinski definition) is 3. The highest BCUT2D eigenvalue weighted by molar-refractivity contribution is 5.73. The fraction of sp³-hybridized carbons (Fsp3) is 0.500. The Morgan fingerprint density at radius 3 is 2.89 bits per heavy atom. The van der Waals surface area contributed by atoms with Crippen LogP contribution in [0.4, 0.5) is 5.69 Å². The van der Waals surface area contributed by atoms with E-state index < -0.39 is 5.97 Å². The van der Waals surface area contributed by atoms with Gasteiger partial charge in [0.15, 0.2) is 0 Å². The maximum absolute atomic E-state index is 11.2. The Bertz CT molecular complexity index is 431. The number of hydrogen-bond donors (Lipinski definition) is 2. The van der Waals surface area contributed by atoms with Crippen LogP contribution in [-0.2, 0) is 11.2 Å². The third-order valence-electron chi connectivity index (χ3n) is 3.41. The summed E-state index contributed by atoms with van der Waals surface area (Å²) in [6.07, 6.45) is 0.888. The number of rotatable bonds is 4. The number of carbonyl (C=O) groups is 1. The molecule has 0 amide bonds. The molecular formula is C14H19NO3. The number of aliphatic hydroxyl groups excluding tert-OH is 1. The molecule has 0 aliphatic carbocycles. The zero-order chi connectivity index (χ0) is 13.1. The average Bonchev–Trinajstić information content (AvgIpc) is 2.35. The van der Waals surface area contributed by atoms with Gasteiger partial charge in [0.05, 0.1) is 12.0 Å². The topological polar surface area (TPSA) is 60.8 Å². The van der Waals surface area contributed by atoms with Crippen molar-refractivity contribution in [3.8, 4) is 0 Å². The molecular weight excluding hydrogens is 230 g/mol. The van der Waals surface area contributed by atoms with Gasteiger partial charge in [0.2, 0.25) is 0 Å². The Morgan fingerprint density at radius 1 is 1.50 bits per heavy atom. The van der Waals surface area contributed by atoms with Crippen LogP contribution in [0.2, 0.25) is 0 Å². The zero-order valence-corrected chi connectivity index (χ0v) is 10.5. The molecule has 18 heavy (non-hydrogen) atoms. The number of para-hydroxylation sites is 1. The van der Waals surface area contributed by atoms with Crippen LogP contribution in [0.5, 0.6) is 0 Å². The van der Waals surface area contributed by atoms with Gasteiger partial charge in [-0.25, -0.2) is 0 Å². The summed E-state index contributed by atoms with van der Waals surface area (Å²) in [4.78, 5) is 13.2. The third kappa shape index (κ3) is 2.82. The average molecular weight is 249 g/mol. The molecule has 4 heteroatoms. The van der Waals surface area contributed by atoms with Gasteiger partial charge < -0.3 is 15.1 Å². The Kier molecular flexibility index (Phi) is 3.87. The summed E-state index contributed by atoms with van der Waals surface area (Å²) in [7, 11) is 0. The lowest BCUT2D eigenvalue weighted by molar-refractivity contribution is -0.141. The summed E-state index contributed by atoms with van der Waals surface area (Å²) in [5, 5.41) is 18.5. The molecule has 0 spiro atoms. The van der Waals surface area contributed by atoms with Crippen LogP contribution in [0.1, 0.15) is 18.9 Å². The molecule has 4 nitrogen and oxygen atoms in total. The second-order valence-corrected chi connectivity index (χ2v) is 4.95. The minimum Gasteiger partial charge on any atom is -0.481 e. The highest BCUT2D eigenvalue weighted by atomic mass is 16.4. The number of benzene rings is 1. The molecule has 1 aromatic carbocycles. The summed E-state index contributed by atoms with van der Waals surface area (Å²) in [6, 6.07) is 7.92. The SMILES string of the molecule is CC(O)CCN1CC(C(=O)O)Cc2ccccc21. The molecule has 0 fully saturated rings. The van der Waals surface area contributed by atoms with Crippen molar-refractivity contribution in [2.24, 2.45) is 5.92 Å². The van der Waals surface area contributed by atoms with Gasteiger partial charge in [-0.3, -0.25) is 4.79 Å². The quantitative estimate of drug-likeness (QED) is 0.849. The standard InChI is InChI=1S/C14H19NO3/c1-10(16)6-7-15-9-12(14(17)18)8-11-4-2-3-5-13(11)15/h2-5,10,12,16H,6-9H2,1H3,(H,17,18). The van der Waals surface area contributed by atoms with Crippen molar-refractivity contribution in [2.75, 3.05) is 18.0 Å². The first-order valence-corrected chi connectivity index (χ1v) is 6.31. The van der Waals surface area contributed by atoms with E-state index in [9.17, 15) is 15.0 Å². The molecule has 2 N–H and O–H groups in total. The molecule has 98 valence electrons. The Labute approximate surface area is 107 Å². The lowest BCUT2D eigenvalue weighted by Gasteiger charge is -2.34. The van der Waals surface area contributed by atoms with Gasteiger partial charge in [-0.1, -0.05) is 18.2 Å². The lowest BCUT2D eigenvalue weighted by Crippen LogP contribution is -2.40. The van der Waals surface area contributed by atoms with Crippen molar-refractivity contribution in [3.63, 3.8) is 0 Å². The van der Waals surface area contributed by atoms with Gasteiger partial charge in [0.25, 0.3) is 0 Å². The van der Waals surface area contributed by atoms with E-state index in [1.54, 1.807) is 6.92 Å². The summed E-state index contributed by atoms with van der Waals surface area (Å²) < 4.78 is 0. The van der Waals surface area contributed by atoms with Crippen LogP contribution in [0.25, 0.3) is 0 Å². The van der Waals surface area contributed by atoms with E-state index >= 15 is 0 Å². The van der Waals surface area contributed by atoms with Gasteiger partial charge in [0.1, 0.15) is 0 Å². The van der Waals surface area contributed by atoms with E-state index in [4.69, 9.17) is 0 Å². The number of nitrogens with zero attached hydrogens (tertiary/aromatic N) is 1. The number of fused-ring (bicyclic) bond motifs is 1. The van der Waals surface area contributed by atoms with Crippen molar-refractivity contribution in [3.05, 3.63) is 29.8 Å². The minimum absolute atomic E-state index is 0.353. The van der Waals surface area contributed by atoms with E-state index in [0.717, 1.165) is 11.3 Å². The molecule has 1 heterocycles. The van der Waals surface area contributed by atoms with Gasteiger partial charge in [-0.05, 0) is 31.4 Å². The lowest BCUT2D eigenvalue weighted by atomic mass is 9.92. The maximum Gasteiger partial charge on any atom is 0.308 e. The van der Waals surface area contributed by atoms with Crippen LogP contribution in [0, 0.1) is 5.92 Å². The number of carboxylic acids is 1. The van der Waals surface area contributed by atoms with Gasteiger partial charge in [-0.2, -0.15) is 0 Å². The molecule has 1 aromatic rings. The van der Waals surface area contributed by atoms with E-state index in [2.05, 4.69) is 4.90 Å². The van der Waals surface area contributed by atoms with Crippen molar-refractivity contribution in [1.82, 2.24) is 0 Å². The molecule has 0 bridgehead atoms. The van der Waals surface area contributed by atoms with Gasteiger partial charge in [0, 0.05) is 18.8 Å². The summed E-state index contributed by atoms with van der Waals surface area (Å²) in [5.74, 6) is -1.10. The van der Waals surface area contributed by atoms with Gasteiger partial charge >= 0.3 is 5.97 Å². The second kappa shape index (κ2) is 5.40. The van der Waals surface area contributed by atoms with Crippen molar-refractivity contribution >= 4 is 11.7 Å². The molecule has 1 aliphatic heterocycles.